The third-order valence-electron chi connectivity index (χ3n) is 3.51. The van der Waals surface area contributed by atoms with E-state index in [1.165, 1.54) is 24.3 Å². The molecule has 1 aromatic rings. The number of halogens is 2. The van der Waals surface area contributed by atoms with Crippen LogP contribution in [-0.4, -0.2) is 45.0 Å². The predicted molar refractivity (Wildman–Crippen MR) is 84.0 cm³/mol. The summed E-state index contributed by atoms with van der Waals surface area (Å²) in [5.41, 5.74) is 0.324. The van der Waals surface area contributed by atoms with Gasteiger partial charge in [-0.25, -0.2) is 8.42 Å². The van der Waals surface area contributed by atoms with Crippen LogP contribution in [0.3, 0.4) is 0 Å². The third kappa shape index (κ3) is 6.65. The van der Waals surface area contributed by atoms with Crippen molar-refractivity contribution >= 4 is 27.4 Å². The van der Waals surface area contributed by atoms with Gasteiger partial charge in [0.2, 0.25) is 0 Å². The quantitative estimate of drug-likeness (QED) is 0.725. The number of rotatable bonds is 7. The topological polar surface area (TPSA) is 98.8 Å². The number of sulfone groups is 1. The van der Waals surface area contributed by atoms with Crippen molar-refractivity contribution in [1.82, 2.24) is 0 Å². The van der Waals surface area contributed by atoms with Gasteiger partial charge in [0, 0.05) is 12.1 Å². The molecule has 138 valence electrons. The van der Waals surface area contributed by atoms with Gasteiger partial charge in [-0.1, -0.05) is 0 Å². The summed E-state index contributed by atoms with van der Waals surface area (Å²) in [6, 6.07) is 5.24. The Labute approximate surface area is 143 Å². The number of anilines is 1. The molecule has 0 bridgehead atoms. The number of carbonyl (C=O) groups excluding carboxylic acids is 2. The standard InChI is InChI=1S/C15H17F2NO6S/c16-15(17)24-12-3-1-11(2-4-12)18-13(19)8-23-14(20)7-10-5-6-25(21,22)9-10/h1-4,10,15H,5-9H2,(H,18,19)/t10-/m1/s1. The zero-order valence-corrected chi connectivity index (χ0v) is 13.9. The van der Waals surface area contributed by atoms with Crippen molar-refractivity contribution < 1.29 is 36.3 Å². The van der Waals surface area contributed by atoms with Gasteiger partial charge < -0.3 is 14.8 Å². The van der Waals surface area contributed by atoms with Crippen molar-refractivity contribution in [1.29, 1.82) is 0 Å². The Balaban J connectivity index is 1.72. The number of ether oxygens (including phenoxy) is 2. The summed E-state index contributed by atoms with van der Waals surface area (Å²) in [7, 11) is -3.07. The number of esters is 1. The van der Waals surface area contributed by atoms with Crippen LogP contribution in [0.4, 0.5) is 14.5 Å². The number of nitrogens with one attached hydrogen (secondary N) is 1. The van der Waals surface area contributed by atoms with E-state index in [0.717, 1.165) is 0 Å². The van der Waals surface area contributed by atoms with Gasteiger partial charge in [-0.3, -0.25) is 9.59 Å². The molecular formula is C15H17F2NO6S. The highest BCUT2D eigenvalue weighted by Crippen LogP contribution is 2.22. The molecule has 0 aromatic heterocycles. The number of alkyl halides is 2. The lowest BCUT2D eigenvalue weighted by Crippen LogP contribution is -2.22. The molecule has 1 aliphatic heterocycles. The highest BCUT2D eigenvalue weighted by Gasteiger charge is 2.29. The summed E-state index contributed by atoms with van der Waals surface area (Å²) >= 11 is 0. The molecule has 0 unspecified atom stereocenters. The van der Waals surface area contributed by atoms with Crippen LogP contribution < -0.4 is 10.1 Å². The number of hydrogen-bond acceptors (Lipinski definition) is 6. The highest BCUT2D eigenvalue weighted by atomic mass is 32.2. The van der Waals surface area contributed by atoms with Crippen molar-refractivity contribution in [3.8, 4) is 5.75 Å². The second-order valence-electron chi connectivity index (χ2n) is 5.58. The minimum atomic E-state index is -3.07. The number of hydrogen-bond donors (Lipinski definition) is 1. The summed E-state index contributed by atoms with van der Waals surface area (Å²) in [6.45, 7) is -3.46. The molecule has 0 spiro atoms. The molecule has 10 heteroatoms. The van der Waals surface area contributed by atoms with E-state index >= 15 is 0 Å². The Bertz CT molecular complexity index is 720. The molecule has 2 rings (SSSR count). The number of amides is 1. The molecule has 0 aliphatic carbocycles. The van der Waals surface area contributed by atoms with Gasteiger partial charge in [0.1, 0.15) is 5.75 Å². The van der Waals surface area contributed by atoms with Gasteiger partial charge in [-0.15, -0.1) is 0 Å². The first-order valence-electron chi connectivity index (χ1n) is 7.44. The summed E-state index contributed by atoms with van der Waals surface area (Å²) in [6.07, 6.45) is 0.364. The summed E-state index contributed by atoms with van der Waals surface area (Å²) in [5, 5.41) is 2.43. The molecule has 1 aliphatic rings. The molecule has 0 radical (unpaired) electrons. The fourth-order valence-corrected chi connectivity index (χ4v) is 4.25. The monoisotopic (exact) mass is 377 g/mol. The second-order valence-corrected chi connectivity index (χ2v) is 7.81. The molecule has 1 saturated heterocycles. The molecule has 1 atom stereocenters. The Morgan fingerprint density at radius 3 is 2.48 bits per heavy atom. The van der Waals surface area contributed by atoms with Gasteiger partial charge in [0.25, 0.3) is 5.91 Å². The van der Waals surface area contributed by atoms with Gasteiger partial charge in [0.15, 0.2) is 16.4 Å². The van der Waals surface area contributed by atoms with Crippen LogP contribution in [0.1, 0.15) is 12.8 Å². The van der Waals surface area contributed by atoms with Crippen molar-refractivity contribution in [2.75, 3.05) is 23.4 Å². The lowest BCUT2D eigenvalue weighted by Gasteiger charge is -2.09. The van der Waals surface area contributed by atoms with E-state index < -0.39 is 34.9 Å². The minimum absolute atomic E-state index is 0.0403. The first kappa shape index (κ1) is 19.1. The Morgan fingerprint density at radius 1 is 1.24 bits per heavy atom. The molecule has 1 aromatic carbocycles. The maximum Gasteiger partial charge on any atom is 0.387 e. The van der Waals surface area contributed by atoms with E-state index in [2.05, 4.69) is 10.1 Å². The Kier molecular flexibility index (Phi) is 6.29. The van der Waals surface area contributed by atoms with E-state index in [1.807, 2.05) is 0 Å². The van der Waals surface area contributed by atoms with E-state index in [0.29, 0.717) is 12.1 Å². The van der Waals surface area contributed by atoms with Crippen LogP contribution >= 0.6 is 0 Å². The average Bonchev–Trinajstić information content (AvgIpc) is 2.85. The van der Waals surface area contributed by atoms with Crippen molar-refractivity contribution in [3.05, 3.63) is 24.3 Å². The van der Waals surface area contributed by atoms with Crippen molar-refractivity contribution in [3.63, 3.8) is 0 Å². The highest BCUT2D eigenvalue weighted by molar-refractivity contribution is 7.91. The summed E-state index contributed by atoms with van der Waals surface area (Å²) in [5.74, 6) is -1.54. The van der Waals surface area contributed by atoms with E-state index in [-0.39, 0.29) is 29.6 Å². The first-order chi connectivity index (χ1) is 11.7. The van der Waals surface area contributed by atoms with Crippen molar-refractivity contribution in [2.24, 2.45) is 5.92 Å². The molecule has 1 amide bonds. The molecular weight excluding hydrogens is 360 g/mol. The zero-order chi connectivity index (χ0) is 18.4. The zero-order valence-electron chi connectivity index (χ0n) is 13.1. The van der Waals surface area contributed by atoms with Crippen LogP contribution in [0.2, 0.25) is 0 Å². The van der Waals surface area contributed by atoms with Gasteiger partial charge in [0.05, 0.1) is 11.5 Å². The summed E-state index contributed by atoms with van der Waals surface area (Å²) < 4.78 is 55.6. The number of carbonyl (C=O) groups is 2. The third-order valence-corrected chi connectivity index (χ3v) is 5.35. The van der Waals surface area contributed by atoms with Crippen LogP contribution in [-0.2, 0) is 24.2 Å². The molecule has 1 N–H and O–H groups in total. The van der Waals surface area contributed by atoms with Crippen LogP contribution in [0.5, 0.6) is 5.75 Å². The van der Waals surface area contributed by atoms with Crippen LogP contribution in [0.25, 0.3) is 0 Å². The van der Waals surface area contributed by atoms with Crippen LogP contribution in [0.15, 0.2) is 24.3 Å². The van der Waals surface area contributed by atoms with Crippen LogP contribution in [0, 0.1) is 5.92 Å². The first-order valence-corrected chi connectivity index (χ1v) is 9.26. The second kappa shape index (κ2) is 8.24. The lowest BCUT2D eigenvalue weighted by molar-refractivity contribution is -0.148. The van der Waals surface area contributed by atoms with E-state index in [1.54, 1.807) is 0 Å². The maximum atomic E-state index is 12.0. The van der Waals surface area contributed by atoms with Gasteiger partial charge >= 0.3 is 12.6 Å². The fourth-order valence-electron chi connectivity index (χ4n) is 2.39. The van der Waals surface area contributed by atoms with Gasteiger partial charge in [-0.2, -0.15) is 8.78 Å². The Hall–Kier alpha value is -2.23. The predicted octanol–water partition coefficient (Wildman–Crippen LogP) is 1.59. The maximum absolute atomic E-state index is 12.0. The normalized spacial score (nSPS) is 18.8. The van der Waals surface area contributed by atoms with E-state index in [4.69, 9.17) is 4.74 Å². The lowest BCUT2D eigenvalue weighted by atomic mass is 10.1. The Morgan fingerprint density at radius 2 is 1.92 bits per heavy atom. The number of benzene rings is 1. The fraction of sp³-hybridized carbons (Fsp3) is 0.467. The largest absolute Gasteiger partial charge is 0.456 e. The van der Waals surface area contributed by atoms with Gasteiger partial charge in [-0.05, 0) is 36.6 Å². The SMILES string of the molecule is O=C(COC(=O)C[C@H]1CCS(=O)(=O)C1)Nc1ccc(OC(F)F)cc1. The molecule has 7 nitrogen and oxygen atoms in total. The molecule has 1 fully saturated rings. The average molecular weight is 377 g/mol. The van der Waals surface area contributed by atoms with Crippen molar-refractivity contribution in [2.45, 2.75) is 19.5 Å². The summed E-state index contributed by atoms with van der Waals surface area (Å²) in [4.78, 5) is 23.3. The van der Waals surface area contributed by atoms with E-state index in [9.17, 15) is 26.8 Å². The molecule has 1 heterocycles. The smallest absolute Gasteiger partial charge is 0.387 e. The molecule has 0 saturated carbocycles. The minimum Gasteiger partial charge on any atom is -0.456 e. The molecule has 25 heavy (non-hydrogen) atoms.